The summed E-state index contributed by atoms with van der Waals surface area (Å²) in [4.78, 5) is 4.42. The quantitative estimate of drug-likeness (QED) is 0.803. The molecule has 0 spiro atoms. The van der Waals surface area contributed by atoms with Gasteiger partial charge in [-0.15, -0.1) is 11.3 Å². The largest absolute Gasteiger partial charge is 0.303 e. The van der Waals surface area contributed by atoms with Crippen LogP contribution in [0.15, 0.2) is 11.6 Å². The molecule has 1 aromatic rings. The van der Waals surface area contributed by atoms with Gasteiger partial charge < -0.3 is 5.32 Å². The van der Waals surface area contributed by atoms with Crippen molar-refractivity contribution in [2.24, 2.45) is 0 Å². The molecule has 1 aromatic heterocycles. The van der Waals surface area contributed by atoms with Crippen molar-refractivity contribution in [1.29, 1.82) is 0 Å². The topological polar surface area (TPSA) is 24.9 Å². The molecule has 0 bridgehead atoms. The van der Waals surface area contributed by atoms with Gasteiger partial charge in [0.05, 0.1) is 5.54 Å². The lowest BCUT2D eigenvalue weighted by atomic mass is 9.77. The summed E-state index contributed by atoms with van der Waals surface area (Å²) >= 11 is 1.77. The molecule has 0 saturated heterocycles. The van der Waals surface area contributed by atoms with Gasteiger partial charge in [-0.3, -0.25) is 0 Å². The van der Waals surface area contributed by atoms with E-state index in [2.05, 4.69) is 29.5 Å². The molecular formula is C10H16N2S. The fraction of sp³-hybridized carbons (Fsp3) is 0.700. The zero-order valence-corrected chi connectivity index (χ0v) is 9.03. The van der Waals surface area contributed by atoms with E-state index in [1.165, 1.54) is 24.3 Å². The van der Waals surface area contributed by atoms with E-state index in [9.17, 15) is 0 Å². The Bertz CT molecular complexity index is 262. The highest BCUT2D eigenvalue weighted by atomic mass is 32.1. The minimum absolute atomic E-state index is 0.225. The number of nitrogens with zero attached hydrogens (tertiary/aromatic N) is 1. The van der Waals surface area contributed by atoms with Gasteiger partial charge in [-0.2, -0.15) is 0 Å². The molecule has 1 N–H and O–H groups in total. The Morgan fingerprint density at radius 1 is 1.54 bits per heavy atom. The van der Waals surface area contributed by atoms with Crippen molar-refractivity contribution < 1.29 is 0 Å². The number of thiazole rings is 1. The molecule has 0 aromatic carbocycles. The van der Waals surface area contributed by atoms with Crippen molar-refractivity contribution in [2.75, 3.05) is 0 Å². The van der Waals surface area contributed by atoms with Crippen LogP contribution in [0, 0.1) is 0 Å². The second-order valence-electron chi connectivity index (χ2n) is 4.07. The van der Waals surface area contributed by atoms with E-state index >= 15 is 0 Å². The average molecular weight is 196 g/mol. The monoisotopic (exact) mass is 196 g/mol. The molecule has 2 nitrogen and oxygen atoms in total. The smallest absolute Gasteiger partial charge is 0.113 e. The van der Waals surface area contributed by atoms with Crippen LogP contribution in [0.4, 0.5) is 0 Å². The van der Waals surface area contributed by atoms with Crippen LogP contribution in [-0.2, 0) is 5.54 Å². The Morgan fingerprint density at radius 3 is 2.69 bits per heavy atom. The first-order chi connectivity index (χ1) is 6.23. The number of nitrogens with one attached hydrogen (secondary N) is 1. The van der Waals surface area contributed by atoms with Crippen LogP contribution in [0.3, 0.4) is 0 Å². The summed E-state index contributed by atoms with van der Waals surface area (Å²) in [7, 11) is 0. The predicted octanol–water partition coefficient (Wildman–Crippen LogP) is 2.52. The molecule has 13 heavy (non-hydrogen) atoms. The molecule has 0 amide bonds. The van der Waals surface area contributed by atoms with Crippen LogP contribution in [0.1, 0.15) is 38.1 Å². The minimum Gasteiger partial charge on any atom is -0.303 e. The Labute approximate surface area is 83.4 Å². The fourth-order valence-corrected chi connectivity index (χ4v) is 2.82. The van der Waals surface area contributed by atoms with Gasteiger partial charge in [0.15, 0.2) is 0 Å². The van der Waals surface area contributed by atoms with Gasteiger partial charge in [-0.1, -0.05) is 0 Å². The first-order valence-electron chi connectivity index (χ1n) is 4.91. The molecule has 0 unspecified atom stereocenters. The summed E-state index contributed by atoms with van der Waals surface area (Å²) in [5.41, 5.74) is 0.225. The van der Waals surface area contributed by atoms with Crippen LogP contribution >= 0.6 is 11.3 Å². The summed E-state index contributed by atoms with van der Waals surface area (Å²) in [5.74, 6) is 0. The van der Waals surface area contributed by atoms with Crippen molar-refractivity contribution in [3.63, 3.8) is 0 Å². The fourth-order valence-electron chi connectivity index (χ4n) is 1.96. The molecule has 1 aliphatic rings. The van der Waals surface area contributed by atoms with Crippen LogP contribution in [0.2, 0.25) is 0 Å². The third-order valence-corrected chi connectivity index (χ3v) is 3.59. The third kappa shape index (κ3) is 1.63. The van der Waals surface area contributed by atoms with Gasteiger partial charge in [0.2, 0.25) is 0 Å². The summed E-state index contributed by atoms with van der Waals surface area (Å²) in [5, 5.41) is 6.98. The van der Waals surface area contributed by atoms with Crippen molar-refractivity contribution in [2.45, 2.75) is 44.7 Å². The molecule has 0 aliphatic heterocycles. The van der Waals surface area contributed by atoms with Crippen LogP contribution < -0.4 is 5.32 Å². The standard InChI is InChI=1S/C10H16N2S/c1-8(2)12-10(4-3-5-10)9-11-6-7-13-9/h6-8,12H,3-5H2,1-2H3. The number of rotatable bonds is 3. The zero-order valence-electron chi connectivity index (χ0n) is 8.21. The lowest BCUT2D eigenvalue weighted by Crippen LogP contribution is -2.50. The van der Waals surface area contributed by atoms with Crippen molar-refractivity contribution in [1.82, 2.24) is 10.3 Å². The maximum absolute atomic E-state index is 4.42. The Balaban J connectivity index is 2.16. The van der Waals surface area contributed by atoms with Gasteiger partial charge >= 0.3 is 0 Å². The van der Waals surface area contributed by atoms with Crippen molar-refractivity contribution >= 4 is 11.3 Å². The molecule has 0 radical (unpaired) electrons. The molecule has 1 aliphatic carbocycles. The molecular weight excluding hydrogens is 180 g/mol. The van der Waals surface area contributed by atoms with E-state index in [1.54, 1.807) is 11.3 Å². The van der Waals surface area contributed by atoms with E-state index in [0.717, 1.165) is 0 Å². The summed E-state index contributed by atoms with van der Waals surface area (Å²) in [6, 6.07) is 0.546. The molecule has 1 fully saturated rings. The Morgan fingerprint density at radius 2 is 2.31 bits per heavy atom. The van der Waals surface area contributed by atoms with Gasteiger partial charge in [-0.05, 0) is 33.1 Å². The van der Waals surface area contributed by atoms with E-state index in [-0.39, 0.29) is 5.54 Å². The summed E-state index contributed by atoms with van der Waals surface area (Å²) < 4.78 is 0. The lowest BCUT2D eigenvalue weighted by molar-refractivity contribution is 0.170. The molecule has 3 heteroatoms. The molecule has 0 atom stereocenters. The average Bonchev–Trinajstić information content (AvgIpc) is 2.48. The number of aromatic nitrogens is 1. The number of hydrogen-bond acceptors (Lipinski definition) is 3. The summed E-state index contributed by atoms with van der Waals surface area (Å²) in [6.07, 6.45) is 5.73. The van der Waals surface area contributed by atoms with Crippen LogP contribution in [0.5, 0.6) is 0 Å². The highest BCUT2D eigenvalue weighted by molar-refractivity contribution is 7.09. The lowest BCUT2D eigenvalue weighted by Gasteiger charge is -2.42. The normalized spacial score (nSPS) is 20.2. The van der Waals surface area contributed by atoms with Gasteiger partial charge in [0.1, 0.15) is 5.01 Å². The van der Waals surface area contributed by atoms with Gasteiger partial charge in [0.25, 0.3) is 0 Å². The SMILES string of the molecule is CC(C)NC1(c2nccs2)CCC1. The molecule has 72 valence electrons. The Kier molecular flexibility index (Phi) is 2.39. The first kappa shape index (κ1) is 9.16. The van der Waals surface area contributed by atoms with Crippen molar-refractivity contribution in [3.05, 3.63) is 16.6 Å². The molecule has 2 rings (SSSR count). The number of hydrogen-bond donors (Lipinski definition) is 1. The minimum atomic E-state index is 0.225. The van der Waals surface area contributed by atoms with E-state index in [0.29, 0.717) is 6.04 Å². The highest BCUT2D eigenvalue weighted by Gasteiger charge is 2.40. The molecule has 1 heterocycles. The van der Waals surface area contributed by atoms with Crippen LogP contribution in [0.25, 0.3) is 0 Å². The van der Waals surface area contributed by atoms with E-state index in [4.69, 9.17) is 0 Å². The molecule has 1 saturated carbocycles. The second-order valence-corrected chi connectivity index (χ2v) is 4.97. The third-order valence-electron chi connectivity index (χ3n) is 2.61. The predicted molar refractivity (Wildman–Crippen MR) is 55.9 cm³/mol. The highest BCUT2D eigenvalue weighted by Crippen LogP contribution is 2.42. The Hall–Kier alpha value is -0.410. The van der Waals surface area contributed by atoms with Gasteiger partial charge in [0, 0.05) is 17.6 Å². The second kappa shape index (κ2) is 3.39. The zero-order chi connectivity index (χ0) is 9.31. The van der Waals surface area contributed by atoms with E-state index in [1.807, 2.05) is 6.20 Å². The first-order valence-corrected chi connectivity index (χ1v) is 5.79. The maximum atomic E-state index is 4.42. The van der Waals surface area contributed by atoms with Crippen molar-refractivity contribution in [3.8, 4) is 0 Å². The van der Waals surface area contributed by atoms with Crippen LogP contribution in [-0.4, -0.2) is 11.0 Å². The maximum Gasteiger partial charge on any atom is 0.113 e. The summed E-state index contributed by atoms with van der Waals surface area (Å²) in [6.45, 7) is 4.40. The van der Waals surface area contributed by atoms with Gasteiger partial charge in [-0.25, -0.2) is 4.98 Å². The van der Waals surface area contributed by atoms with E-state index < -0.39 is 0 Å².